The van der Waals surface area contributed by atoms with Crippen molar-refractivity contribution in [3.05, 3.63) is 59.8 Å². The van der Waals surface area contributed by atoms with Crippen LogP contribution in [0.5, 0.6) is 0 Å². The summed E-state index contributed by atoms with van der Waals surface area (Å²) in [5.74, 6) is -0.918. The number of benzene rings is 1. The molecule has 0 saturated heterocycles. The number of aromatic nitrogens is 1. The van der Waals surface area contributed by atoms with Crippen LogP contribution in [-0.2, 0) is 9.59 Å². The highest BCUT2D eigenvalue weighted by Gasteiger charge is 2.12. The van der Waals surface area contributed by atoms with Crippen LogP contribution in [0.3, 0.4) is 0 Å². The Morgan fingerprint density at radius 3 is 2.43 bits per heavy atom. The maximum Gasteiger partial charge on any atom is 0.329 e. The fraction of sp³-hybridized carbons (Fsp3) is 0.176. The van der Waals surface area contributed by atoms with Crippen LogP contribution in [0.15, 0.2) is 53.8 Å². The third kappa shape index (κ3) is 5.03. The van der Waals surface area contributed by atoms with Crippen molar-refractivity contribution in [1.29, 1.82) is 0 Å². The average Bonchev–Trinajstić information content (AvgIpc) is 2.56. The first-order valence-electron chi connectivity index (χ1n) is 7.21. The molecule has 118 valence electrons. The van der Waals surface area contributed by atoms with Crippen LogP contribution in [0.25, 0.3) is 0 Å². The minimum Gasteiger partial charge on any atom is -0.302 e. The van der Waals surface area contributed by atoms with Gasteiger partial charge >= 0.3 is 11.8 Å². The van der Waals surface area contributed by atoms with E-state index in [9.17, 15) is 9.59 Å². The molecule has 0 radical (unpaired) electrons. The Bertz CT molecular complexity index is 694. The Morgan fingerprint density at radius 2 is 1.83 bits per heavy atom. The first kappa shape index (κ1) is 16.4. The molecule has 2 aromatic rings. The van der Waals surface area contributed by atoms with E-state index in [1.807, 2.05) is 24.3 Å². The smallest absolute Gasteiger partial charge is 0.302 e. The molecule has 0 fully saturated rings. The van der Waals surface area contributed by atoms with Gasteiger partial charge in [-0.1, -0.05) is 44.2 Å². The highest BCUT2D eigenvalue weighted by atomic mass is 16.2. The third-order valence-electron chi connectivity index (χ3n) is 3.10. The summed E-state index contributed by atoms with van der Waals surface area (Å²) >= 11 is 0. The van der Waals surface area contributed by atoms with Crippen molar-refractivity contribution < 1.29 is 9.59 Å². The lowest BCUT2D eigenvalue weighted by Gasteiger charge is -2.04. The molecule has 0 aliphatic carbocycles. The molecule has 0 saturated carbocycles. The monoisotopic (exact) mass is 310 g/mol. The number of carbonyl (C=O) groups is 2. The summed E-state index contributed by atoms with van der Waals surface area (Å²) in [6.45, 7) is 4.23. The van der Waals surface area contributed by atoms with Crippen LogP contribution in [0.4, 0.5) is 5.82 Å². The standard InChI is InChI=1S/C17H18N4O2/c1-12(2)14-8-6-13(7-9-14)11-19-21-17(23)16(22)20-15-5-3-4-10-18-15/h3-12H,1-2H3,(H,21,23)(H,18,20,22)/b19-11+. The number of carbonyl (C=O) groups excluding carboxylic acids is 2. The van der Waals surface area contributed by atoms with E-state index in [1.165, 1.54) is 18.0 Å². The topological polar surface area (TPSA) is 83.5 Å². The zero-order valence-electron chi connectivity index (χ0n) is 13.0. The van der Waals surface area contributed by atoms with Crippen LogP contribution in [0.2, 0.25) is 0 Å². The lowest BCUT2D eigenvalue weighted by Crippen LogP contribution is -2.32. The minimum atomic E-state index is -0.856. The molecule has 6 heteroatoms. The van der Waals surface area contributed by atoms with Crippen molar-refractivity contribution in [2.45, 2.75) is 19.8 Å². The predicted molar refractivity (Wildman–Crippen MR) is 89.1 cm³/mol. The van der Waals surface area contributed by atoms with Crippen molar-refractivity contribution in [2.24, 2.45) is 5.10 Å². The van der Waals surface area contributed by atoms with Gasteiger partial charge in [-0.3, -0.25) is 9.59 Å². The van der Waals surface area contributed by atoms with Crippen LogP contribution in [-0.4, -0.2) is 23.0 Å². The Morgan fingerprint density at radius 1 is 1.09 bits per heavy atom. The summed E-state index contributed by atoms with van der Waals surface area (Å²) < 4.78 is 0. The molecule has 1 aromatic heterocycles. The van der Waals surface area contributed by atoms with Gasteiger partial charge in [0.2, 0.25) is 0 Å². The molecule has 0 unspecified atom stereocenters. The second-order valence-electron chi connectivity index (χ2n) is 5.19. The molecule has 0 aliphatic heterocycles. The fourth-order valence-corrected chi connectivity index (χ4v) is 1.79. The Labute approximate surface area is 134 Å². The van der Waals surface area contributed by atoms with Crippen molar-refractivity contribution in [3.63, 3.8) is 0 Å². The van der Waals surface area contributed by atoms with Gasteiger partial charge in [0, 0.05) is 6.20 Å². The molecule has 0 atom stereocenters. The van der Waals surface area contributed by atoms with E-state index in [0.717, 1.165) is 5.56 Å². The van der Waals surface area contributed by atoms with Gasteiger partial charge in [0.15, 0.2) is 0 Å². The van der Waals surface area contributed by atoms with E-state index in [4.69, 9.17) is 0 Å². The number of rotatable bonds is 4. The van der Waals surface area contributed by atoms with Gasteiger partial charge < -0.3 is 5.32 Å². The molecule has 2 amide bonds. The zero-order chi connectivity index (χ0) is 16.7. The van der Waals surface area contributed by atoms with Gasteiger partial charge in [-0.15, -0.1) is 0 Å². The van der Waals surface area contributed by atoms with E-state index in [-0.39, 0.29) is 0 Å². The van der Waals surface area contributed by atoms with E-state index in [1.54, 1.807) is 18.2 Å². The molecule has 0 aliphatic rings. The average molecular weight is 310 g/mol. The summed E-state index contributed by atoms with van der Waals surface area (Å²) in [6.07, 6.45) is 3.00. The summed E-state index contributed by atoms with van der Waals surface area (Å²) in [5.41, 5.74) is 4.24. The lowest BCUT2D eigenvalue weighted by molar-refractivity contribution is -0.136. The fourth-order valence-electron chi connectivity index (χ4n) is 1.79. The predicted octanol–water partition coefficient (Wildman–Crippen LogP) is 2.29. The van der Waals surface area contributed by atoms with Gasteiger partial charge in [0.25, 0.3) is 0 Å². The number of hydrogen-bond acceptors (Lipinski definition) is 4. The minimum absolute atomic E-state index is 0.306. The van der Waals surface area contributed by atoms with Crippen LogP contribution < -0.4 is 10.7 Å². The van der Waals surface area contributed by atoms with E-state index >= 15 is 0 Å². The largest absolute Gasteiger partial charge is 0.329 e. The van der Waals surface area contributed by atoms with Gasteiger partial charge in [0.1, 0.15) is 5.82 Å². The highest BCUT2D eigenvalue weighted by Crippen LogP contribution is 2.13. The molecule has 1 aromatic carbocycles. The molecule has 2 rings (SSSR count). The second-order valence-corrected chi connectivity index (χ2v) is 5.19. The molecule has 2 N–H and O–H groups in total. The van der Waals surface area contributed by atoms with Crippen LogP contribution >= 0.6 is 0 Å². The number of pyridine rings is 1. The first-order chi connectivity index (χ1) is 11.1. The molecular formula is C17H18N4O2. The van der Waals surface area contributed by atoms with Gasteiger partial charge in [0.05, 0.1) is 6.21 Å². The van der Waals surface area contributed by atoms with E-state index in [0.29, 0.717) is 11.7 Å². The maximum absolute atomic E-state index is 11.6. The normalized spacial score (nSPS) is 10.7. The lowest BCUT2D eigenvalue weighted by atomic mass is 10.0. The van der Waals surface area contributed by atoms with E-state index < -0.39 is 11.8 Å². The Balaban J connectivity index is 1.87. The van der Waals surface area contributed by atoms with Crippen molar-refractivity contribution in [3.8, 4) is 0 Å². The summed E-state index contributed by atoms with van der Waals surface area (Å²) in [7, 11) is 0. The van der Waals surface area contributed by atoms with Crippen LogP contribution in [0.1, 0.15) is 30.9 Å². The molecule has 0 spiro atoms. The number of nitrogens with one attached hydrogen (secondary N) is 2. The Kier molecular flexibility index (Phi) is 5.57. The zero-order valence-corrected chi connectivity index (χ0v) is 13.0. The molecule has 0 bridgehead atoms. The number of hydrazone groups is 1. The Hall–Kier alpha value is -3.02. The number of anilines is 1. The number of amides is 2. The van der Waals surface area contributed by atoms with Gasteiger partial charge in [-0.05, 0) is 29.2 Å². The van der Waals surface area contributed by atoms with Gasteiger partial charge in [-0.2, -0.15) is 5.10 Å². The molecule has 1 heterocycles. The highest BCUT2D eigenvalue weighted by molar-refractivity contribution is 6.39. The molecule has 23 heavy (non-hydrogen) atoms. The summed E-state index contributed by atoms with van der Waals surface area (Å²) in [6, 6.07) is 12.8. The van der Waals surface area contributed by atoms with Crippen LogP contribution in [0, 0.1) is 0 Å². The van der Waals surface area contributed by atoms with Crippen molar-refractivity contribution in [2.75, 3.05) is 5.32 Å². The van der Waals surface area contributed by atoms with E-state index in [2.05, 4.69) is 34.7 Å². The third-order valence-corrected chi connectivity index (χ3v) is 3.10. The van der Waals surface area contributed by atoms with Gasteiger partial charge in [-0.25, -0.2) is 10.4 Å². The second kappa shape index (κ2) is 7.84. The quantitative estimate of drug-likeness (QED) is 0.516. The molecule has 6 nitrogen and oxygen atoms in total. The SMILES string of the molecule is CC(C)c1ccc(/C=N/NC(=O)C(=O)Nc2ccccn2)cc1. The first-order valence-corrected chi connectivity index (χ1v) is 7.21. The van der Waals surface area contributed by atoms with Crippen molar-refractivity contribution in [1.82, 2.24) is 10.4 Å². The van der Waals surface area contributed by atoms with Crippen molar-refractivity contribution >= 4 is 23.8 Å². The summed E-state index contributed by atoms with van der Waals surface area (Å²) in [4.78, 5) is 27.2. The number of nitrogens with zero attached hydrogens (tertiary/aromatic N) is 2. The maximum atomic E-state index is 11.6. The summed E-state index contributed by atoms with van der Waals surface area (Å²) in [5, 5.41) is 6.15. The molecular weight excluding hydrogens is 292 g/mol. The number of hydrogen-bond donors (Lipinski definition) is 2.